The molecule has 18 heavy (non-hydrogen) atoms. The van der Waals surface area contributed by atoms with E-state index >= 15 is 0 Å². The van der Waals surface area contributed by atoms with E-state index in [1.165, 1.54) is 6.07 Å². The first-order chi connectivity index (χ1) is 8.65. The molecular weight excluding hydrogens is 236 g/mol. The minimum Gasteiger partial charge on any atom is -0.352 e. The third-order valence-corrected chi connectivity index (χ3v) is 3.48. The summed E-state index contributed by atoms with van der Waals surface area (Å²) in [7, 11) is 0. The van der Waals surface area contributed by atoms with Crippen molar-refractivity contribution in [2.75, 3.05) is 13.1 Å². The molecule has 3 nitrogen and oxygen atoms in total. The Morgan fingerprint density at radius 3 is 3.00 bits per heavy atom. The molecule has 0 aliphatic carbocycles. The third kappa shape index (κ3) is 1.83. The van der Waals surface area contributed by atoms with Crippen LogP contribution in [0.15, 0.2) is 23.2 Å². The van der Waals surface area contributed by atoms with Crippen molar-refractivity contribution in [1.29, 1.82) is 0 Å². The van der Waals surface area contributed by atoms with Gasteiger partial charge in [0.2, 0.25) is 0 Å². The maximum Gasteiger partial charge on any atom is 0.194 e. The van der Waals surface area contributed by atoms with Crippen molar-refractivity contribution in [2.45, 2.75) is 25.4 Å². The lowest BCUT2D eigenvalue weighted by Crippen LogP contribution is -2.38. The Labute approximate surface area is 105 Å². The van der Waals surface area contributed by atoms with Crippen LogP contribution in [0.3, 0.4) is 0 Å². The minimum absolute atomic E-state index is 0.0458. The van der Waals surface area contributed by atoms with Crippen LogP contribution < -0.4 is 5.32 Å². The van der Waals surface area contributed by atoms with E-state index in [0.717, 1.165) is 25.0 Å². The molecule has 1 aromatic carbocycles. The predicted octanol–water partition coefficient (Wildman–Crippen LogP) is 2.06. The quantitative estimate of drug-likeness (QED) is 0.827. The van der Waals surface area contributed by atoms with Gasteiger partial charge in [-0.3, -0.25) is 4.99 Å². The average Bonchev–Trinajstić information content (AvgIpc) is 2.69. The van der Waals surface area contributed by atoms with Gasteiger partial charge in [-0.25, -0.2) is 8.78 Å². The number of nitrogens with one attached hydrogen (secondary N) is 1. The standard InChI is InChI=1S/C13H15F2N3/c1-8-7-18-12(4-5-16-13(18)17-8)10-3-2-9(14)6-11(10)15/h2-3,6,8,12H,4-5,7H2,1H3,(H,16,17). The minimum atomic E-state index is -0.533. The number of benzene rings is 1. The van der Waals surface area contributed by atoms with E-state index in [4.69, 9.17) is 0 Å². The van der Waals surface area contributed by atoms with E-state index in [0.29, 0.717) is 18.2 Å². The Kier molecular flexibility index (Phi) is 2.69. The van der Waals surface area contributed by atoms with Crippen LogP contribution in [-0.4, -0.2) is 30.0 Å². The van der Waals surface area contributed by atoms with E-state index in [1.807, 2.05) is 0 Å². The average molecular weight is 251 g/mol. The van der Waals surface area contributed by atoms with E-state index in [-0.39, 0.29) is 6.04 Å². The molecule has 0 radical (unpaired) electrons. The number of hydrogen-bond acceptors (Lipinski definition) is 3. The molecule has 0 amide bonds. The summed E-state index contributed by atoms with van der Waals surface area (Å²) in [5.41, 5.74) is 0.555. The molecule has 1 fully saturated rings. The Hall–Kier alpha value is -1.65. The molecule has 5 heteroatoms. The molecule has 96 valence electrons. The van der Waals surface area contributed by atoms with Gasteiger partial charge < -0.3 is 10.2 Å². The Morgan fingerprint density at radius 1 is 1.39 bits per heavy atom. The number of halogens is 2. The highest BCUT2D eigenvalue weighted by molar-refractivity contribution is 5.83. The molecule has 1 saturated heterocycles. The lowest BCUT2D eigenvalue weighted by Gasteiger charge is -2.32. The number of nitrogens with zero attached hydrogens (tertiary/aromatic N) is 2. The monoisotopic (exact) mass is 251 g/mol. The van der Waals surface area contributed by atoms with E-state index < -0.39 is 11.6 Å². The van der Waals surface area contributed by atoms with Gasteiger partial charge in [-0.1, -0.05) is 6.07 Å². The molecule has 2 atom stereocenters. The zero-order chi connectivity index (χ0) is 12.7. The summed E-state index contributed by atoms with van der Waals surface area (Å²) in [4.78, 5) is 6.47. The Morgan fingerprint density at radius 2 is 2.22 bits per heavy atom. The first-order valence-electron chi connectivity index (χ1n) is 6.18. The van der Waals surface area contributed by atoms with Crippen LogP contribution in [0.5, 0.6) is 0 Å². The first kappa shape index (κ1) is 11.4. The van der Waals surface area contributed by atoms with Crippen molar-refractivity contribution >= 4 is 5.96 Å². The van der Waals surface area contributed by atoms with Crippen LogP contribution >= 0.6 is 0 Å². The normalized spacial score (nSPS) is 26.6. The first-order valence-corrected chi connectivity index (χ1v) is 6.18. The molecule has 0 aromatic heterocycles. The van der Waals surface area contributed by atoms with Crippen LogP contribution in [0.2, 0.25) is 0 Å². The summed E-state index contributed by atoms with van der Waals surface area (Å²) in [6.45, 7) is 3.55. The van der Waals surface area contributed by atoms with Gasteiger partial charge in [0.25, 0.3) is 0 Å². The van der Waals surface area contributed by atoms with Crippen LogP contribution in [-0.2, 0) is 0 Å². The summed E-state index contributed by atoms with van der Waals surface area (Å²) in [6, 6.07) is 4.08. The highest BCUT2D eigenvalue weighted by atomic mass is 19.1. The summed E-state index contributed by atoms with van der Waals surface area (Å²) in [5.74, 6) is -0.169. The molecule has 1 aromatic rings. The third-order valence-electron chi connectivity index (χ3n) is 3.48. The molecule has 2 heterocycles. The SMILES string of the molecule is CC1CN2C(=NCCC2c2ccc(F)cc2F)N1. The van der Waals surface area contributed by atoms with Gasteiger partial charge >= 0.3 is 0 Å². The van der Waals surface area contributed by atoms with E-state index in [2.05, 4.69) is 22.1 Å². The summed E-state index contributed by atoms with van der Waals surface area (Å²) in [5, 5.41) is 3.27. The predicted molar refractivity (Wildman–Crippen MR) is 65.3 cm³/mol. The van der Waals surface area contributed by atoms with Gasteiger partial charge in [-0.2, -0.15) is 0 Å². The zero-order valence-corrected chi connectivity index (χ0v) is 10.2. The van der Waals surface area contributed by atoms with E-state index in [9.17, 15) is 8.78 Å². The zero-order valence-electron chi connectivity index (χ0n) is 10.2. The number of guanidine groups is 1. The lowest BCUT2D eigenvalue weighted by atomic mass is 10.0. The van der Waals surface area contributed by atoms with Crippen molar-refractivity contribution in [3.63, 3.8) is 0 Å². The molecule has 2 aliphatic heterocycles. The molecule has 2 aliphatic rings. The highest BCUT2D eigenvalue weighted by Gasteiger charge is 2.34. The summed E-state index contributed by atoms with van der Waals surface area (Å²) >= 11 is 0. The second-order valence-electron chi connectivity index (χ2n) is 4.87. The van der Waals surface area contributed by atoms with Crippen molar-refractivity contribution in [2.24, 2.45) is 4.99 Å². The van der Waals surface area contributed by atoms with Crippen molar-refractivity contribution in [3.05, 3.63) is 35.4 Å². The van der Waals surface area contributed by atoms with E-state index in [1.54, 1.807) is 6.07 Å². The molecule has 0 saturated carbocycles. The van der Waals surface area contributed by atoms with Gasteiger partial charge in [0.1, 0.15) is 11.6 Å². The molecular formula is C13H15F2N3. The maximum absolute atomic E-state index is 13.9. The number of rotatable bonds is 1. The van der Waals surface area contributed by atoms with Crippen LogP contribution in [0.25, 0.3) is 0 Å². The molecule has 2 unspecified atom stereocenters. The fourth-order valence-electron chi connectivity index (χ4n) is 2.69. The molecule has 0 spiro atoms. The smallest absolute Gasteiger partial charge is 0.194 e. The summed E-state index contributed by atoms with van der Waals surface area (Å²) < 4.78 is 26.8. The van der Waals surface area contributed by atoms with Crippen LogP contribution in [0.4, 0.5) is 8.78 Å². The van der Waals surface area contributed by atoms with Crippen LogP contribution in [0, 0.1) is 11.6 Å². The Bertz CT molecular complexity index is 501. The molecule has 0 bridgehead atoms. The van der Waals surface area contributed by atoms with Gasteiger partial charge in [-0.15, -0.1) is 0 Å². The number of hydrogen-bond donors (Lipinski definition) is 1. The highest BCUT2D eigenvalue weighted by Crippen LogP contribution is 2.31. The van der Waals surface area contributed by atoms with Gasteiger partial charge in [0.15, 0.2) is 5.96 Å². The molecule has 1 N–H and O–H groups in total. The van der Waals surface area contributed by atoms with Crippen LogP contribution in [0.1, 0.15) is 24.9 Å². The summed E-state index contributed by atoms with van der Waals surface area (Å²) in [6.07, 6.45) is 0.764. The van der Waals surface area contributed by atoms with Gasteiger partial charge in [0, 0.05) is 30.8 Å². The Balaban J connectivity index is 1.94. The van der Waals surface area contributed by atoms with Crippen molar-refractivity contribution < 1.29 is 8.78 Å². The number of fused-ring (bicyclic) bond motifs is 1. The maximum atomic E-state index is 13.9. The second-order valence-corrected chi connectivity index (χ2v) is 4.87. The van der Waals surface area contributed by atoms with Gasteiger partial charge in [0.05, 0.1) is 6.04 Å². The van der Waals surface area contributed by atoms with Crippen molar-refractivity contribution in [1.82, 2.24) is 10.2 Å². The topological polar surface area (TPSA) is 27.6 Å². The van der Waals surface area contributed by atoms with Gasteiger partial charge in [-0.05, 0) is 19.4 Å². The molecule has 3 rings (SSSR count). The lowest BCUT2D eigenvalue weighted by molar-refractivity contribution is 0.297. The fourth-order valence-corrected chi connectivity index (χ4v) is 2.69. The largest absolute Gasteiger partial charge is 0.352 e. The van der Waals surface area contributed by atoms with Crippen molar-refractivity contribution in [3.8, 4) is 0 Å². The second kappa shape index (κ2) is 4.23. The number of aliphatic imine (C=N–C) groups is 1. The fraction of sp³-hybridized carbons (Fsp3) is 0.462.